The summed E-state index contributed by atoms with van der Waals surface area (Å²) in [5.41, 5.74) is 2.12. The van der Waals surface area contributed by atoms with Crippen LogP contribution in [0.1, 0.15) is 23.5 Å². The van der Waals surface area contributed by atoms with Crippen molar-refractivity contribution in [1.29, 1.82) is 0 Å². The van der Waals surface area contributed by atoms with Gasteiger partial charge in [0, 0.05) is 61.9 Å². The summed E-state index contributed by atoms with van der Waals surface area (Å²) in [6.45, 7) is 2.58. The van der Waals surface area contributed by atoms with Gasteiger partial charge in [0.25, 0.3) is 0 Å². The van der Waals surface area contributed by atoms with E-state index in [0.717, 1.165) is 5.69 Å². The molecule has 2 heterocycles. The number of piperazine rings is 1. The highest BCUT2D eigenvalue weighted by Gasteiger charge is 2.32. The minimum atomic E-state index is -0.609. The summed E-state index contributed by atoms with van der Waals surface area (Å²) in [6, 6.07) is 18.5. The molecule has 0 N–H and O–H groups in total. The highest BCUT2D eigenvalue weighted by atomic mass is 16.5. The minimum absolute atomic E-state index is 0.0456. The van der Waals surface area contributed by atoms with Crippen molar-refractivity contribution in [2.45, 2.75) is 12.3 Å². The molecule has 1 aliphatic rings. The van der Waals surface area contributed by atoms with Gasteiger partial charge in [-0.1, -0.05) is 18.2 Å². The van der Waals surface area contributed by atoms with E-state index in [1.165, 1.54) is 41.6 Å². The third-order valence-corrected chi connectivity index (χ3v) is 7.88. The van der Waals surface area contributed by atoms with E-state index in [1.54, 1.807) is 12.1 Å². The van der Waals surface area contributed by atoms with Crippen molar-refractivity contribution < 1.29 is 32.9 Å². The van der Waals surface area contributed by atoms with Crippen LogP contribution >= 0.6 is 0 Å². The summed E-state index contributed by atoms with van der Waals surface area (Å²) in [5, 5.41) is 0.583. The molecule has 0 unspecified atom stereocenters. The van der Waals surface area contributed by atoms with Crippen LogP contribution < -0.4 is 34.2 Å². The minimum Gasteiger partial charge on any atom is -0.496 e. The first-order chi connectivity index (χ1) is 20.9. The van der Waals surface area contributed by atoms with Crippen molar-refractivity contribution in [3.8, 4) is 28.7 Å². The number of nitrogens with zero attached hydrogens (tertiary/aromatic N) is 2. The lowest BCUT2D eigenvalue weighted by atomic mass is 9.85. The summed E-state index contributed by atoms with van der Waals surface area (Å²) < 4.78 is 34.1. The van der Waals surface area contributed by atoms with E-state index < -0.39 is 11.5 Å². The Balaban J connectivity index is 1.60. The number of rotatable bonds is 10. The van der Waals surface area contributed by atoms with Crippen LogP contribution in [-0.4, -0.2) is 72.5 Å². The molecule has 1 aliphatic heterocycles. The summed E-state index contributed by atoms with van der Waals surface area (Å²) in [7, 11) is 7.67. The van der Waals surface area contributed by atoms with Crippen LogP contribution in [0.3, 0.4) is 0 Å². The SMILES string of the molecule is COc1cc([C@@H](CC(=O)N2CCN(c3ccccc3)CC2)c2c(OC)cc(OC)c3ccc(=O)oc23)cc(OC)c1OC. The van der Waals surface area contributed by atoms with E-state index in [0.29, 0.717) is 71.4 Å². The predicted molar refractivity (Wildman–Crippen MR) is 163 cm³/mol. The van der Waals surface area contributed by atoms with Crippen molar-refractivity contribution in [2.75, 3.05) is 66.6 Å². The molecule has 1 atom stereocenters. The van der Waals surface area contributed by atoms with Crippen molar-refractivity contribution in [3.63, 3.8) is 0 Å². The Morgan fingerprint density at radius 3 is 1.98 bits per heavy atom. The zero-order chi connectivity index (χ0) is 30.5. The molecule has 43 heavy (non-hydrogen) atoms. The van der Waals surface area contributed by atoms with Crippen LogP contribution in [0.4, 0.5) is 5.69 Å². The topological polar surface area (TPSA) is 99.9 Å². The molecule has 10 nitrogen and oxygen atoms in total. The fourth-order valence-corrected chi connectivity index (χ4v) is 5.71. The van der Waals surface area contributed by atoms with Crippen LogP contribution in [0.15, 0.2) is 69.9 Å². The monoisotopic (exact) mass is 588 g/mol. The lowest BCUT2D eigenvalue weighted by molar-refractivity contribution is -0.131. The molecule has 4 aromatic rings. The molecular weight excluding hydrogens is 552 g/mol. The lowest BCUT2D eigenvalue weighted by Crippen LogP contribution is -2.49. The van der Waals surface area contributed by atoms with Gasteiger partial charge >= 0.3 is 5.63 Å². The largest absolute Gasteiger partial charge is 0.496 e. The summed E-state index contributed by atoms with van der Waals surface area (Å²) in [6.07, 6.45) is 0.0698. The summed E-state index contributed by atoms with van der Waals surface area (Å²) in [5.74, 6) is 1.53. The number of methoxy groups -OCH3 is 5. The summed E-state index contributed by atoms with van der Waals surface area (Å²) in [4.78, 5) is 30.7. The van der Waals surface area contributed by atoms with Gasteiger partial charge in [-0.25, -0.2) is 4.79 Å². The maximum Gasteiger partial charge on any atom is 0.336 e. The highest BCUT2D eigenvalue weighted by Crippen LogP contribution is 2.47. The molecule has 0 aliphatic carbocycles. The Kier molecular flexibility index (Phi) is 8.94. The smallest absolute Gasteiger partial charge is 0.336 e. The molecule has 1 fully saturated rings. The number of amides is 1. The molecular formula is C33H36N2O8. The van der Waals surface area contributed by atoms with Gasteiger partial charge in [-0.05, 0) is 35.9 Å². The lowest BCUT2D eigenvalue weighted by Gasteiger charge is -2.37. The van der Waals surface area contributed by atoms with Gasteiger partial charge in [-0.3, -0.25) is 4.79 Å². The number of carbonyl (C=O) groups excluding carboxylic acids is 1. The second kappa shape index (κ2) is 13.0. The average molecular weight is 589 g/mol. The van der Waals surface area contributed by atoms with E-state index >= 15 is 0 Å². The Morgan fingerprint density at radius 2 is 1.40 bits per heavy atom. The molecule has 1 aromatic heterocycles. The molecule has 1 amide bonds. The van der Waals surface area contributed by atoms with E-state index in [2.05, 4.69) is 17.0 Å². The molecule has 3 aromatic carbocycles. The van der Waals surface area contributed by atoms with Crippen LogP contribution in [-0.2, 0) is 4.79 Å². The number of anilines is 1. The van der Waals surface area contributed by atoms with Gasteiger partial charge in [-0.2, -0.15) is 0 Å². The number of para-hydroxylation sites is 1. The standard InChI is InChI=1S/C33H36N2O8/c1-38-25-20-26(39-2)31(32-23(25)11-12-30(37)43-32)24(21-17-27(40-3)33(42-5)28(18-21)41-4)19-29(36)35-15-13-34(14-16-35)22-9-7-6-8-10-22/h6-12,17-18,20,24H,13-16,19H2,1-5H3/t24-/m1/s1. The second-order valence-electron chi connectivity index (χ2n) is 10.1. The van der Waals surface area contributed by atoms with E-state index in [-0.39, 0.29) is 17.9 Å². The third kappa shape index (κ3) is 5.90. The average Bonchev–Trinajstić information content (AvgIpc) is 3.06. The van der Waals surface area contributed by atoms with Crippen molar-refractivity contribution in [2.24, 2.45) is 0 Å². The van der Waals surface area contributed by atoms with Crippen molar-refractivity contribution >= 4 is 22.6 Å². The van der Waals surface area contributed by atoms with Crippen LogP contribution in [0, 0.1) is 0 Å². The van der Waals surface area contributed by atoms with Gasteiger partial charge in [-0.15, -0.1) is 0 Å². The highest BCUT2D eigenvalue weighted by molar-refractivity contribution is 5.90. The molecule has 1 saturated heterocycles. The Morgan fingerprint density at radius 1 is 0.767 bits per heavy atom. The van der Waals surface area contributed by atoms with Crippen molar-refractivity contribution in [3.05, 3.63) is 82.2 Å². The molecule has 0 saturated carbocycles. The van der Waals surface area contributed by atoms with Gasteiger partial charge in [0.1, 0.15) is 17.1 Å². The first-order valence-corrected chi connectivity index (χ1v) is 14.0. The molecule has 0 spiro atoms. The summed E-state index contributed by atoms with van der Waals surface area (Å²) >= 11 is 0. The number of carbonyl (C=O) groups is 1. The van der Waals surface area contributed by atoms with Crippen LogP contribution in [0.25, 0.3) is 11.0 Å². The Bertz CT molecular complexity index is 1620. The van der Waals surface area contributed by atoms with Crippen molar-refractivity contribution in [1.82, 2.24) is 4.90 Å². The number of benzene rings is 3. The number of hydrogen-bond donors (Lipinski definition) is 0. The molecule has 0 bridgehead atoms. The van der Waals surface area contributed by atoms with Crippen LogP contribution in [0.5, 0.6) is 28.7 Å². The molecule has 0 radical (unpaired) electrons. The fraction of sp³-hybridized carbons (Fsp3) is 0.333. The zero-order valence-corrected chi connectivity index (χ0v) is 25.0. The molecule has 5 rings (SSSR count). The predicted octanol–water partition coefficient (Wildman–Crippen LogP) is 4.71. The third-order valence-electron chi connectivity index (χ3n) is 7.88. The first kappa shape index (κ1) is 29.6. The number of fused-ring (bicyclic) bond motifs is 1. The maximum atomic E-state index is 14.0. The maximum absolute atomic E-state index is 14.0. The second-order valence-corrected chi connectivity index (χ2v) is 10.1. The number of hydrogen-bond acceptors (Lipinski definition) is 9. The Labute approximate surface area is 250 Å². The van der Waals surface area contributed by atoms with Gasteiger partial charge < -0.3 is 37.9 Å². The van der Waals surface area contributed by atoms with Gasteiger partial charge in [0.2, 0.25) is 11.7 Å². The van der Waals surface area contributed by atoms with E-state index in [1.807, 2.05) is 35.2 Å². The van der Waals surface area contributed by atoms with Crippen LogP contribution in [0.2, 0.25) is 0 Å². The molecule has 10 heteroatoms. The first-order valence-electron chi connectivity index (χ1n) is 14.0. The molecule has 226 valence electrons. The normalized spacial score (nSPS) is 13.9. The van der Waals surface area contributed by atoms with Gasteiger partial charge in [0.05, 0.1) is 40.9 Å². The fourth-order valence-electron chi connectivity index (χ4n) is 5.71. The quantitative estimate of drug-likeness (QED) is 0.244. The Hall–Kier alpha value is -4.86. The number of ether oxygens (including phenoxy) is 5. The van der Waals surface area contributed by atoms with Gasteiger partial charge in [0.15, 0.2) is 11.5 Å². The van der Waals surface area contributed by atoms with E-state index in [4.69, 9.17) is 28.1 Å². The zero-order valence-electron chi connectivity index (χ0n) is 25.0. The van der Waals surface area contributed by atoms with E-state index in [9.17, 15) is 9.59 Å².